The van der Waals surface area contributed by atoms with E-state index in [1.165, 1.54) is 24.8 Å². The monoisotopic (exact) mass is 340 g/mol. The van der Waals surface area contributed by atoms with Crippen molar-refractivity contribution in [1.29, 1.82) is 0 Å². The number of benzene rings is 1. The van der Waals surface area contributed by atoms with Crippen LogP contribution in [0, 0.1) is 16.0 Å². The molecule has 0 saturated heterocycles. The number of aromatic nitrogens is 2. The van der Waals surface area contributed by atoms with Crippen molar-refractivity contribution >= 4 is 11.4 Å². The van der Waals surface area contributed by atoms with Crippen LogP contribution in [0.2, 0.25) is 0 Å². The highest BCUT2D eigenvalue weighted by Crippen LogP contribution is 2.48. The number of rotatable bonds is 1. The van der Waals surface area contributed by atoms with Crippen LogP contribution in [0.5, 0.6) is 0 Å². The molecule has 6 nitrogen and oxygen atoms in total. The van der Waals surface area contributed by atoms with Gasteiger partial charge in [0, 0.05) is 48.2 Å². The summed E-state index contributed by atoms with van der Waals surface area (Å²) in [5.41, 5.74) is 3.91. The molecule has 1 saturated carbocycles. The molecule has 2 heterocycles. The predicted octanol–water partition coefficient (Wildman–Crippen LogP) is 4.26. The number of hydrogen-bond donors (Lipinski definition) is 1. The molecule has 0 bridgehead atoms. The van der Waals surface area contributed by atoms with Crippen molar-refractivity contribution < 1.29 is 4.92 Å². The number of aryl methyl sites for hydroxylation is 1. The first-order chi connectivity index (χ1) is 11.9. The second-order valence-corrected chi connectivity index (χ2v) is 7.92. The minimum atomic E-state index is -0.337. The Balaban J connectivity index is 1.96. The van der Waals surface area contributed by atoms with Gasteiger partial charge in [0.25, 0.3) is 5.69 Å². The van der Waals surface area contributed by atoms with Gasteiger partial charge in [0.15, 0.2) is 0 Å². The van der Waals surface area contributed by atoms with Crippen LogP contribution < -0.4 is 5.32 Å². The molecule has 2 atom stereocenters. The average Bonchev–Trinajstić information content (AvgIpc) is 2.97. The Morgan fingerprint density at radius 3 is 2.84 bits per heavy atom. The summed E-state index contributed by atoms with van der Waals surface area (Å²) in [6, 6.07) is 5.47. The third-order valence-corrected chi connectivity index (χ3v) is 6.03. The first-order valence-corrected chi connectivity index (χ1v) is 8.97. The zero-order valence-corrected chi connectivity index (χ0v) is 15.0. The molecule has 1 N–H and O–H groups in total. The Kier molecular flexibility index (Phi) is 3.60. The zero-order chi connectivity index (χ0) is 17.8. The highest BCUT2D eigenvalue weighted by Gasteiger charge is 2.42. The summed E-state index contributed by atoms with van der Waals surface area (Å²) in [5.74, 6) is 0.521. The Hall–Kier alpha value is -2.37. The minimum absolute atomic E-state index is 0.0377. The molecule has 25 heavy (non-hydrogen) atoms. The van der Waals surface area contributed by atoms with Crippen LogP contribution in [-0.4, -0.2) is 20.7 Å². The summed E-state index contributed by atoms with van der Waals surface area (Å²) in [7, 11) is 1.92. The number of fused-ring (bicyclic) bond motifs is 4. The van der Waals surface area contributed by atoms with Gasteiger partial charge in [-0.25, -0.2) is 0 Å². The van der Waals surface area contributed by atoms with Crippen molar-refractivity contribution in [3.63, 3.8) is 0 Å². The predicted molar refractivity (Wildman–Crippen MR) is 97.7 cm³/mol. The highest BCUT2D eigenvalue weighted by molar-refractivity contribution is 5.81. The molecular weight excluding hydrogens is 316 g/mol. The number of nitro benzene ring substituents is 1. The van der Waals surface area contributed by atoms with E-state index in [1.54, 1.807) is 12.1 Å². The van der Waals surface area contributed by atoms with E-state index in [4.69, 9.17) is 0 Å². The average molecular weight is 340 g/mol. The molecule has 6 heteroatoms. The number of non-ortho nitro benzene ring substituents is 1. The Labute approximate surface area is 147 Å². The maximum absolute atomic E-state index is 11.3. The van der Waals surface area contributed by atoms with E-state index in [0.717, 1.165) is 23.4 Å². The Bertz CT molecular complexity index is 840. The summed E-state index contributed by atoms with van der Waals surface area (Å²) in [5, 5.41) is 19.7. The van der Waals surface area contributed by atoms with Crippen LogP contribution in [0.25, 0.3) is 11.3 Å². The van der Waals surface area contributed by atoms with Crippen LogP contribution in [0.15, 0.2) is 24.4 Å². The fourth-order valence-corrected chi connectivity index (χ4v) is 4.69. The number of nitro groups is 1. The van der Waals surface area contributed by atoms with Gasteiger partial charge in [-0.05, 0) is 30.2 Å². The number of nitrogens with one attached hydrogen (secondary N) is 1. The molecule has 132 valence electrons. The quantitative estimate of drug-likeness (QED) is 0.622. The summed E-state index contributed by atoms with van der Waals surface area (Å²) in [6.45, 7) is 4.58. The van der Waals surface area contributed by atoms with E-state index in [2.05, 4.69) is 30.5 Å². The third-order valence-electron chi connectivity index (χ3n) is 6.03. The molecule has 0 amide bonds. The first-order valence-electron chi connectivity index (χ1n) is 8.97. The van der Waals surface area contributed by atoms with Crippen LogP contribution in [0.4, 0.5) is 11.4 Å². The van der Waals surface area contributed by atoms with E-state index < -0.39 is 0 Å². The van der Waals surface area contributed by atoms with E-state index in [-0.39, 0.29) is 16.0 Å². The molecule has 4 rings (SSSR count). The van der Waals surface area contributed by atoms with Crippen LogP contribution >= 0.6 is 0 Å². The fourth-order valence-electron chi connectivity index (χ4n) is 4.69. The summed E-state index contributed by atoms with van der Waals surface area (Å²) in [4.78, 5) is 10.9. The molecule has 1 aromatic carbocycles. The third kappa shape index (κ3) is 2.51. The minimum Gasteiger partial charge on any atom is -0.381 e. The molecule has 1 aromatic heterocycles. The molecule has 0 spiro atoms. The van der Waals surface area contributed by atoms with Gasteiger partial charge in [0.05, 0.1) is 10.6 Å². The van der Waals surface area contributed by atoms with E-state index in [9.17, 15) is 10.1 Å². The molecule has 1 fully saturated rings. The van der Waals surface area contributed by atoms with Gasteiger partial charge in [0.1, 0.15) is 0 Å². The second-order valence-electron chi connectivity index (χ2n) is 7.92. The Morgan fingerprint density at radius 1 is 1.32 bits per heavy atom. The van der Waals surface area contributed by atoms with Crippen molar-refractivity contribution in [2.75, 3.05) is 5.32 Å². The van der Waals surface area contributed by atoms with E-state index in [0.29, 0.717) is 12.0 Å². The lowest BCUT2D eigenvalue weighted by atomic mass is 9.64. The summed E-state index contributed by atoms with van der Waals surface area (Å²) in [6.07, 6.45) is 6.91. The molecule has 2 aromatic rings. The van der Waals surface area contributed by atoms with Crippen molar-refractivity contribution in [3.8, 4) is 11.3 Å². The molecule has 2 aliphatic rings. The number of nitrogens with zero attached hydrogens (tertiary/aromatic N) is 3. The standard InChI is InChI=1S/C19H24N4O2/c1-19(2)14-6-4-5-7-17(14)20-16-9-8-12(23(24)25)10-13(16)18-15(19)11-22(3)21-18/h8-11,14,17,20H,4-7H2,1-3H3. The smallest absolute Gasteiger partial charge is 0.270 e. The Morgan fingerprint density at radius 2 is 2.08 bits per heavy atom. The first kappa shape index (κ1) is 16.1. The second kappa shape index (κ2) is 5.58. The van der Waals surface area contributed by atoms with Gasteiger partial charge in [-0.2, -0.15) is 5.10 Å². The zero-order valence-electron chi connectivity index (χ0n) is 15.0. The van der Waals surface area contributed by atoms with Crippen LogP contribution in [0.3, 0.4) is 0 Å². The molecule has 1 aliphatic heterocycles. The number of anilines is 1. The molecule has 2 unspecified atom stereocenters. The van der Waals surface area contributed by atoms with Gasteiger partial charge in [-0.15, -0.1) is 0 Å². The summed E-state index contributed by atoms with van der Waals surface area (Å²) < 4.78 is 1.83. The highest BCUT2D eigenvalue weighted by atomic mass is 16.6. The lowest BCUT2D eigenvalue weighted by molar-refractivity contribution is -0.384. The van der Waals surface area contributed by atoms with Crippen molar-refractivity contribution in [1.82, 2.24) is 9.78 Å². The fraction of sp³-hybridized carbons (Fsp3) is 0.526. The topological polar surface area (TPSA) is 73.0 Å². The van der Waals surface area contributed by atoms with Crippen LogP contribution in [0.1, 0.15) is 45.1 Å². The largest absolute Gasteiger partial charge is 0.381 e. The lowest BCUT2D eigenvalue weighted by Gasteiger charge is -2.44. The molecular formula is C19H24N4O2. The maximum Gasteiger partial charge on any atom is 0.270 e. The SMILES string of the molecule is Cn1cc2c(n1)-c1cc([N+](=O)[O-])ccc1NC1CCCCC1C2(C)C. The van der Waals surface area contributed by atoms with Crippen molar-refractivity contribution in [2.24, 2.45) is 13.0 Å². The van der Waals surface area contributed by atoms with Crippen molar-refractivity contribution in [2.45, 2.75) is 51.0 Å². The van der Waals surface area contributed by atoms with Crippen molar-refractivity contribution in [3.05, 3.63) is 40.1 Å². The maximum atomic E-state index is 11.3. The lowest BCUT2D eigenvalue weighted by Crippen LogP contribution is -2.44. The van der Waals surface area contributed by atoms with Gasteiger partial charge >= 0.3 is 0 Å². The number of hydrogen-bond acceptors (Lipinski definition) is 4. The van der Waals surface area contributed by atoms with Crippen LogP contribution in [-0.2, 0) is 12.5 Å². The van der Waals surface area contributed by atoms with Gasteiger partial charge in [0.2, 0.25) is 0 Å². The van der Waals surface area contributed by atoms with E-state index >= 15 is 0 Å². The van der Waals surface area contributed by atoms with Gasteiger partial charge < -0.3 is 5.32 Å². The van der Waals surface area contributed by atoms with E-state index in [1.807, 2.05) is 17.8 Å². The van der Waals surface area contributed by atoms with Gasteiger partial charge in [-0.1, -0.05) is 26.7 Å². The van der Waals surface area contributed by atoms with Gasteiger partial charge in [-0.3, -0.25) is 14.8 Å². The molecule has 1 aliphatic carbocycles. The molecule has 0 radical (unpaired) electrons. The normalized spacial score (nSPS) is 24.1. The summed E-state index contributed by atoms with van der Waals surface area (Å²) >= 11 is 0.